The number of rotatable bonds is 3. The van der Waals surface area contributed by atoms with Crippen molar-refractivity contribution >= 4 is 22.9 Å². The van der Waals surface area contributed by atoms with Crippen LogP contribution in [0.4, 0.5) is 0 Å². The Morgan fingerprint density at radius 3 is 3.00 bits per heavy atom. The minimum absolute atomic E-state index is 0.0493. The maximum absolute atomic E-state index is 5.69. The van der Waals surface area contributed by atoms with Crippen LogP contribution in [0.15, 0.2) is 33.9 Å². The monoisotopic (exact) mass is 222 g/mol. The first-order chi connectivity index (χ1) is 7.11. The summed E-state index contributed by atoms with van der Waals surface area (Å²) in [6, 6.07) is 6.02. The smallest absolute Gasteiger partial charge is 0.181 e. The Labute approximate surface area is 93.0 Å². The van der Waals surface area contributed by atoms with Gasteiger partial charge < -0.3 is 10.2 Å². The highest BCUT2D eigenvalue weighted by Crippen LogP contribution is 2.32. The van der Waals surface area contributed by atoms with Gasteiger partial charge in [-0.2, -0.15) is 0 Å². The van der Waals surface area contributed by atoms with E-state index in [2.05, 4.69) is 18.8 Å². The lowest BCUT2D eigenvalue weighted by Crippen LogP contribution is -2.26. The number of nitrogens with two attached hydrogens (primary N) is 1. The maximum atomic E-state index is 5.69. The van der Waals surface area contributed by atoms with Gasteiger partial charge >= 0.3 is 0 Å². The Morgan fingerprint density at radius 1 is 1.47 bits per heavy atom. The first-order valence-corrected chi connectivity index (χ1v) is 5.65. The zero-order valence-corrected chi connectivity index (χ0v) is 9.67. The predicted octanol–water partition coefficient (Wildman–Crippen LogP) is 2.66. The standard InChI is InChI=1S/C11H14N2OS/c1-11(2,6-12)15-8-3-4-9-10(5-8)14-7-13-9/h3-5,7H,6,12H2,1-2H3. The van der Waals surface area contributed by atoms with Crippen LogP contribution in [0.3, 0.4) is 0 Å². The van der Waals surface area contributed by atoms with Crippen LogP contribution >= 0.6 is 11.8 Å². The second kappa shape index (κ2) is 3.87. The van der Waals surface area contributed by atoms with Gasteiger partial charge in [0.25, 0.3) is 0 Å². The Bertz CT molecular complexity index is 464. The van der Waals surface area contributed by atoms with Crippen LogP contribution < -0.4 is 5.73 Å². The summed E-state index contributed by atoms with van der Waals surface area (Å²) >= 11 is 1.75. The predicted molar refractivity (Wildman–Crippen MR) is 63.0 cm³/mol. The molecule has 1 aromatic carbocycles. The molecule has 15 heavy (non-hydrogen) atoms. The van der Waals surface area contributed by atoms with Crippen LogP contribution in [0.2, 0.25) is 0 Å². The summed E-state index contributed by atoms with van der Waals surface area (Å²) < 4.78 is 5.30. The summed E-state index contributed by atoms with van der Waals surface area (Å²) in [5, 5.41) is 0. The van der Waals surface area contributed by atoms with Gasteiger partial charge in [-0.25, -0.2) is 4.98 Å². The van der Waals surface area contributed by atoms with Gasteiger partial charge in [-0.3, -0.25) is 0 Å². The zero-order chi connectivity index (χ0) is 10.9. The molecule has 0 aliphatic rings. The van der Waals surface area contributed by atoms with E-state index in [4.69, 9.17) is 10.2 Å². The van der Waals surface area contributed by atoms with Crippen molar-refractivity contribution in [3.05, 3.63) is 24.6 Å². The van der Waals surface area contributed by atoms with E-state index in [0.29, 0.717) is 6.54 Å². The molecule has 2 N–H and O–H groups in total. The van der Waals surface area contributed by atoms with Gasteiger partial charge in [-0.15, -0.1) is 11.8 Å². The molecule has 3 nitrogen and oxygen atoms in total. The Morgan fingerprint density at radius 2 is 2.27 bits per heavy atom. The summed E-state index contributed by atoms with van der Waals surface area (Å²) in [5.74, 6) is 0. The van der Waals surface area contributed by atoms with Crippen molar-refractivity contribution in [2.45, 2.75) is 23.5 Å². The van der Waals surface area contributed by atoms with E-state index in [9.17, 15) is 0 Å². The average molecular weight is 222 g/mol. The number of nitrogens with zero attached hydrogens (tertiary/aromatic N) is 1. The number of oxazole rings is 1. The SMILES string of the molecule is CC(C)(CN)Sc1ccc2ncoc2c1. The van der Waals surface area contributed by atoms with Gasteiger partial charge in [-0.05, 0) is 32.0 Å². The van der Waals surface area contributed by atoms with Crippen molar-refractivity contribution in [3.8, 4) is 0 Å². The molecule has 0 fully saturated rings. The normalized spacial score (nSPS) is 12.2. The fraction of sp³-hybridized carbons (Fsp3) is 0.364. The van der Waals surface area contributed by atoms with Crippen LogP contribution in [-0.4, -0.2) is 16.3 Å². The summed E-state index contributed by atoms with van der Waals surface area (Å²) in [7, 11) is 0. The zero-order valence-electron chi connectivity index (χ0n) is 8.86. The number of hydrogen-bond acceptors (Lipinski definition) is 4. The first-order valence-electron chi connectivity index (χ1n) is 4.83. The van der Waals surface area contributed by atoms with Gasteiger partial charge in [0.1, 0.15) is 5.52 Å². The van der Waals surface area contributed by atoms with Crippen molar-refractivity contribution in [2.24, 2.45) is 5.73 Å². The number of thioether (sulfide) groups is 1. The third-order valence-electron chi connectivity index (χ3n) is 2.19. The largest absolute Gasteiger partial charge is 0.443 e. The lowest BCUT2D eigenvalue weighted by atomic mass is 10.2. The maximum Gasteiger partial charge on any atom is 0.181 e. The van der Waals surface area contributed by atoms with Gasteiger partial charge in [-0.1, -0.05) is 0 Å². The quantitative estimate of drug-likeness (QED) is 0.811. The van der Waals surface area contributed by atoms with Crippen molar-refractivity contribution in [3.63, 3.8) is 0 Å². The van der Waals surface area contributed by atoms with E-state index < -0.39 is 0 Å². The van der Waals surface area contributed by atoms with Crippen molar-refractivity contribution in [2.75, 3.05) is 6.54 Å². The average Bonchev–Trinajstić information content (AvgIpc) is 2.64. The van der Waals surface area contributed by atoms with Gasteiger partial charge in [0.05, 0.1) is 0 Å². The third kappa shape index (κ3) is 2.33. The van der Waals surface area contributed by atoms with E-state index in [1.165, 1.54) is 6.39 Å². The Kier molecular flexibility index (Phi) is 2.71. The molecule has 0 saturated heterocycles. The highest BCUT2D eigenvalue weighted by Gasteiger charge is 2.17. The molecule has 0 aliphatic carbocycles. The molecule has 0 radical (unpaired) electrons. The van der Waals surface area contributed by atoms with E-state index >= 15 is 0 Å². The molecule has 1 aromatic heterocycles. The summed E-state index contributed by atoms with van der Waals surface area (Å²) in [5.41, 5.74) is 7.41. The van der Waals surface area contributed by atoms with Crippen LogP contribution in [0.5, 0.6) is 0 Å². The molecule has 2 rings (SSSR count). The number of benzene rings is 1. The van der Waals surface area contributed by atoms with E-state index in [1.807, 2.05) is 18.2 Å². The minimum atomic E-state index is 0.0493. The second-order valence-electron chi connectivity index (χ2n) is 4.05. The third-order valence-corrected chi connectivity index (χ3v) is 3.40. The lowest BCUT2D eigenvalue weighted by Gasteiger charge is -2.21. The minimum Gasteiger partial charge on any atom is -0.443 e. The van der Waals surface area contributed by atoms with Crippen LogP contribution in [0.25, 0.3) is 11.1 Å². The van der Waals surface area contributed by atoms with Gasteiger partial charge in [0, 0.05) is 16.2 Å². The van der Waals surface area contributed by atoms with E-state index in [-0.39, 0.29) is 4.75 Å². The molecule has 0 amide bonds. The summed E-state index contributed by atoms with van der Waals surface area (Å²) in [4.78, 5) is 5.24. The highest BCUT2D eigenvalue weighted by molar-refractivity contribution is 8.00. The van der Waals surface area contributed by atoms with Gasteiger partial charge in [0.15, 0.2) is 12.0 Å². The fourth-order valence-electron chi connectivity index (χ4n) is 1.26. The Balaban J connectivity index is 2.28. The highest BCUT2D eigenvalue weighted by atomic mass is 32.2. The summed E-state index contributed by atoms with van der Waals surface area (Å²) in [6.07, 6.45) is 1.47. The van der Waals surface area contributed by atoms with Crippen LogP contribution in [-0.2, 0) is 0 Å². The molecule has 0 spiro atoms. The molecular formula is C11H14N2OS. The fourth-order valence-corrected chi connectivity index (χ4v) is 2.28. The molecule has 1 heterocycles. The molecule has 4 heteroatoms. The van der Waals surface area contributed by atoms with Crippen LogP contribution in [0, 0.1) is 0 Å². The molecule has 0 bridgehead atoms. The number of fused-ring (bicyclic) bond motifs is 1. The molecule has 2 aromatic rings. The van der Waals surface area contributed by atoms with Crippen molar-refractivity contribution < 1.29 is 4.42 Å². The van der Waals surface area contributed by atoms with E-state index in [0.717, 1.165) is 16.0 Å². The number of hydrogen-bond donors (Lipinski definition) is 1. The molecule has 0 aliphatic heterocycles. The van der Waals surface area contributed by atoms with Gasteiger partial charge in [0.2, 0.25) is 0 Å². The molecule has 80 valence electrons. The Hall–Kier alpha value is -1.00. The van der Waals surface area contributed by atoms with Crippen LogP contribution in [0.1, 0.15) is 13.8 Å². The number of aromatic nitrogens is 1. The molecule has 0 atom stereocenters. The molecular weight excluding hydrogens is 208 g/mol. The topological polar surface area (TPSA) is 52.0 Å². The second-order valence-corrected chi connectivity index (χ2v) is 5.83. The van der Waals surface area contributed by atoms with Crippen molar-refractivity contribution in [1.82, 2.24) is 4.98 Å². The molecule has 0 unspecified atom stereocenters. The van der Waals surface area contributed by atoms with E-state index in [1.54, 1.807) is 11.8 Å². The van der Waals surface area contributed by atoms with Crippen molar-refractivity contribution in [1.29, 1.82) is 0 Å². The lowest BCUT2D eigenvalue weighted by molar-refractivity contribution is 0.601. The summed E-state index contributed by atoms with van der Waals surface area (Å²) in [6.45, 7) is 4.90. The molecule has 0 saturated carbocycles. The first kappa shape index (κ1) is 10.5.